The number of nitrogens with two attached hydrogens (primary N) is 1. The predicted octanol–water partition coefficient (Wildman–Crippen LogP) is 4.23. The summed E-state index contributed by atoms with van der Waals surface area (Å²) in [6.45, 7) is 2.97. The van der Waals surface area contributed by atoms with Crippen molar-refractivity contribution < 1.29 is 4.79 Å². The number of amidine groups is 1. The van der Waals surface area contributed by atoms with E-state index in [0.717, 1.165) is 50.0 Å². The van der Waals surface area contributed by atoms with E-state index in [2.05, 4.69) is 29.2 Å². The number of halogens is 2. The summed E-state index contributed by atoms with van der Waals surface area (Å²) in [7, 11) is 0. The standard InChI is InChI=1S/C22H27N3O.2ClH/c23-22(24)20-9-6-17(7-10-20)8-11-21(26)19-12-14-25(15-13-19)16-18-4-2-1-3-5-18;;/h1-7,9-10,19H,8,11-16H2,(H3,23,24);2*1H. The lowest BCUT2D eigenvalue weighted by Crippen LogP contribution is -2.36. The van der Waals surface area contributed by atoms with Gasteiger partial charge in [-0.1, -0.05) is 54.6 Å². The van der Waals surface area contributed by atoms with Gasteiger partial charge in [-0.2, -0.15) is 0 Å². The van der Waals surface area contributed by atoms with Crippen LogP contribution in [0.3, 0.4) is 0 Å². The van der Waals surface area contributed by atoms with E-state index in [0.29, 0.717) is 12.2 Å². The van der Waals surface area contributed by atoms with Crippen LogP contribution in [0.15, 0.2) is 54.6 Å². The van der Waals surface area contributed by atoms with Gasteiger partial charge in [-0.15, -0.1) is 24.8 Å². The molecule has 0 aliphatic carbocycles. The number of rotatable bonds is 7. The molecule has 1 heterocycles. The molecule has 1 aliphatic heterocycles. The zero-order valence-electron chi connectivity index (χ0n) is 16.0. The van der Waals surface area contributed by atoms with Crippen molar-refractivity contribution >= 4 is 36.4 Å². The molecule has 0 spiro atoms. The summed E-state index contributed by atoms with van der Waals surface area (Å²) in [5, 5.41) is 7.42. The summed E-state index contributed by atoms with van der Waals surface area (Å²) in [5.41, 5.74) is 8.66. The lowest BCUT2D eigenvalue weighted by molar-refractivity contribution is -0.124. The molecule has 3 N–H and O–H groups in total. The second-order valence-corrected chi connectivity index (χ2v) is 7.11. The highest BCUT2D eigenvalue weighted by molar-refractivity contribution is 5.94. The Morgan fingerprint density at radius 3 is 2.14 bits per heavy atom. The zero-order chi connectivity index (χ0) is 18.4. The first kappa shape index (κ1) is 24.2. The average molecular weight is 422 g/mol. The second kappa shape index (κ2) is 11.8. The van der Waals surface area contributed by atoms with Crippen molar-refractivity contribution in [1.29, 1.82) is 5.41 Å². The third-order valence-electron chi connectivity index (χ3n) is 5.22. The Bertz CT molecular complexity index is 742. The first-order valence-electron chi connectivity index (χ1n) is 9.34. The molecule has 0 atom stereocenters. The summed E-state index contributed by atoms with van der Waals surface area (Å²) >= 11 is 0. The third-order valence-corrected chi connectivity index (χ3v) is 5.22. The molecule has 0 unspecified atom stereocenters. The maximum Gasteiger partial charge on any atom is 0.136 e. The molecule has 1 fully saturated rings. The molecular formula is C22H29Cl2N3O. The Morgan fingerprint density at radius 1 is 0.964 bits per heavy atom. The van der Waals surface area contributed by atoms with Crippen LogP contribution in [-0.4, -0.2) is 29.6 Å². The first-order chi connectivity index (χ1) is 12.6. The van der Waals surface area contributed by atoms with Gasteiger partial charge >= 0.3 is 0 Å². The van der Waals surface area contributed by atoms with Crippen LogP contribution in [0.5, 0.6) is 0 Å². The van der Waals surface area contributed by atoms with E-state index in [-0.39, 0.29) is 36.6 Å². The molecular weight excluding hydrogens is 393 g/mol. The Balaban J connectivity index is 0.00000196. The van der Waals surface area contributed by atoms with Gasteiger partial charge in [0, 0.05) is 24.4 Å². The number of Topliss-reactive ketones (excluding diaryl/α,β-unsaturated/α-hetero) is 1. The quantitative estimate of drug-likeness (QED) is 0.518. The molecule has 152 valence electrons. The third kappa shape index (κ3) is 6.93. The number of hydrogen-bond donors (Lipinski definition) is 2. The van der Waals surface area contributed by atoms with E-state index in [1.807, 2.05) is 30.3 Å². The van der Waals surface area contributed by atoms with Gasteiger partial charge < -0.3 is 5.73 Å². The number of likely N-dealkylation sites (tertiary alicyclic amines) is 1. The van der Waals surface area contributed by atoms with Gasteiger partial charge in [-0.05, 0) is 43.5 Å². The van der Waals surface area contributed by atoms with Crippen LogP contribution < -0.4 is 5.73 Å². The lowest BCUT2D eigenvalue weighted by Gasteiger charge is -2.31. The fourth-order valence-electron chi connectivity index (χ4n) is 3.58. The van der Waals surface area contributed by atoms with Gasteiger partial charge in [0.2, 0.25) is 0 Å². The Morgan fingerprint density at radius 2 is 1.57 bits per heavy atom. The number of carbonyl (C=O) groups excluding carboxylic acids is 1. The summed E-state index contributed by atoms with van der Waals surface area (Å²) < 4.78 is 0. The Hall–Kier alpha value is -1.88. The fourth-order valence-corrected chi connectivity index (χ4v) is 3.58. The van der Waals surface area contributed by atoms with Crippen LogP contribution in [0.4, 0.5) is 0 Å². The van der Waals surface area contributed by atoms with Crippen molar-refractivity contribution in [1.82, 2.24) is 4.90 Å². The zero-order valence-corrected chi connectivity index (χ0v) is 17.6. The Labute approximate surface area is 179 Å². The highest BCUT2D eigenvalue weighted by Gasteiger charge is 2.24. The van der Waals surface area contributed by atoms with Crippen LogP contribution in [0.25, 0.3) is 0 Å². The molecule has 4 nitrogen and oxygen atoms in total. The number of benzene rings is 2. The molecule has 0 aromatic heterocycles. The smallest absolute Gasteiger partial charge is 0.136 e. The first-order valence-corrected chi connectivity index (χ1v) is 9.34. The van der Waals surface area contributed by atoms with Crippen molar-refractivity contribution in [3.05, 3.63) is 71.3 Å². The van der Waals surface area contributed by atoms with Crippen molar-refractivity contribution in [2.24, 2.45) is 11.7 Å². The van der Waals surface area contributed by atoms with Gasteiger partial charge in [0.1, 0.15) is 11.6 Å². The highest BCUT2D eigenvalue weighted by atomic mass is 35.5. The second-order valence-electron chi connectivity index (χ2n) is 7.11. The van der Waals surface area contributed by atoms with Crippen molar-refractivity contribution in [3.8, 4) is 0 Å². The fraction of sp³-hybridized carbons (Fsp3) is 0.364. The van der Waals surface area contributed by atoms with Crippen molar-refractivity contribution in [2.75, 3.05) is 13.1 Å². The van der Waals surface area contributed by atoms with E-state index in [1.54, 1.807) is 0 Å². The minimum Gasteiger partial charge on any atom is -0.384 e. The number of hydrogen-bond acceptors (Lipinski definition) is 3. The van der Waals surface area contributed by atoms with Crippen molar-refractivity contribution in [3.63, 3.8) is 0 Å². The van der Waals surface area contributed by atoms with Gasteiger partial charge in [0.15, 0.2) is 0 Å². The maximum absolute atomic E-state index is 12.5. The average Bonchev–Trinajstić information content (AvgIpc) is 2.68. The SMILES string of the molecule is Cl.Cl.N=C(N)c1ccc(CCC(=O)C2CCN(Cc3ccccc3)CC2)cc1. The number of nitrogens with zero attached hydrogens (tertiary/aromatic N) is 1. The number of carbonyl (C=O) groups is 1. The maximum atomic E-state index is 12.5. The molecule has 0 saturated carbocycles. The lowest BCUT2D eigenvalue weighted by atomic mass is 9.89. The van der Waals surface area contributed by atoms with E-state index in [1.165, 1.54) is 5.56 Å². The summed E-state index contributed by atoms with van der Waals surface area (Å²) in [4.78, 5) is 15.0. The van der Waals surface area contributed by atoms with Gasteiger partial charge in [0.05, 0.1) is 0 Å². The van der Waals surface area contributed by atoms with Crippen LogP contribution in [0.2, 0.25) is 0 Å². The molecule has 0 radical (unpaired) electrons. The molecule has 1 saturated heterocycles. The van der Waals surface area contributed by atoms with Crippen LogP contribution >= 0.6 is 24.8 Å². The summed E-state index contributed by atoms with van der Waals surface area (Å²) in [6, 6.07) is 18.2. The Kier molecular flexibility index (Phi) is 10.2. The molecule has 2 aromatic carbocycles. The number of ketones is 1. The molecule has 28 heavy (non-hydrogen) atoms. The van der Waals surface area contributed by atoms with Crippen LogP contribution in [0.1, 0.15) is 36.0 Å². The molecule has 3 rings (SSSR count). The minimum absolute atomic E-state index is 0. The normalized spacial score (nSPS) is 14.6. The van der Waals surface area contributed by atoms with Gasteiger partial charge in [-0.3, -0.25) is 15.1 Å². The number of aryl methyl sites for hydroxylation is 1. The summed E-state index contributed by atoms with van der Waals surface area (Å²) in [5.74, 6) is 0.674. The highest BCUT2D eigenvalue weighted by Crippen LogP contribution is 2.22. The molecule has 2 aromatic rings. The molecule has 0 bridgehead atoms. The van der Waals surface area contributed by atoms with Crippen LogP contribution in [0, 0.1) is 11.3 Å². The topological polar surface area (TPSA) is 70.2 Å². The number of piperidine rings is 1. The molecule has 1 aliphatic rings. The number of nitrogen functional groups attached to an aromatic ring is 1. The molecule has 0 amide bonds. The van der Waals surface area contributed by atoms with Gasteiger partial charge in [0.25, 0.3) is 0 Å². The molecule has 6 heteroatoms. The van der Waals surface area contributed by atoms with Crippen LogP contribution in [-0.2, 0) is 17.8 Å². The largest absolute Gasteiger partial charge is 0.384 e. The number of nitrogens with one attached hydrogen (secondary N) is 1. The monoisotopic (exact) mass is 421 g/mol. The van der Waals surface area contributed by atoms with E-state index < -0.39 is 0 Å². The minimum atomic E-state index is 0. The van der Waals surface area contributed by atoms with E-state index in [4.69, 9.17) is 11.1 Å². The van der Waals surface area contributed by atoms with Gasteiger partial charge in [-0.25, -0.2) is 0 Å². The predicted molar refractivity (Wildman–Crippen MR) is 120 cm³/mol. The van der Waals surface area contributed by atoms with Crippen molar-refractivity contribution in [2.45, 2.75) is 32.2 Å². The summed E-state index contributed by atoms with van der Waals surface area (Å²) in [6.07, 6.45) is 3.30. The van der Waals surface area contributed by atoms with E-state index >= 15 is 0 Å². The van der Waals surface area contributed by atoms with E-state index in [9.17, 15) is 4.79 Å².